The molecule has 1 aromatic carbocycles. The minimum atomic E-state index is -0.0181. The van der Waals surface area contributed by atoms with Gasteiger partial charge in [-0.3, -0.25) is 4.79 Å². The molecule has 21 heavy (non-hydrogen) atoms. The number of nitrogens with one attached hydrogen (secondary N) is 1. The number of carbonyl (C=O) groups is 1. The van der Waals surface area contributed by atoms with E-state index < -0.39 is 0 Å². The molecule has 1 aromatic rings. The van der Waals surface area contributed by atoms with Crippen molar-refractivity contribution in [3.05, 3.63) is 35.4 Å². The lowest BCUT2D eigenvalue weighted by Crippen LogP contribution is -2.28. The van der Waals surface area contributed by atoms with Crippen molar-refractivity contribution in [3.63, 3.8) is 0 Å². The normalized spacial score (nSPS) is 22.8. The Morgan fingerprint density at radius 3 is 2.90 bits per heavy atom. The number of hydrogen-bond donors (Lipinski definition) is 1. The van der Waals surface area contributed by atoms with Crippen LogP contribution in [-0.4, -0.2) is 25.5 Å². The molecule has 0 spiro atoms. The van der Waals surface area contributed by atoms with Crippen molar-refractivity contribution in [2.75, 3.05) is 19.7 Å². The third kappa shape index (κ3) is 3.92. The molecule has 1 N–H and O–H groups in total. The maximum absolute atomic E-state index is 12.3. The van der Waals surface area contributed by atoms with Gasteiger partial charge in [0, 0.05) is 12.8 Å². The summed E-state index contributed by atoms with van der Waals surface area (Å²) < 4.78 is 5.84. The minimum absolute atomic E-state index is 0.0181. The lowest BCUT2D eigenvalue weighted by Gasteiger charge is -2.26. The highest BCUT2D eigenvalue weighted by Gasteiger charge is 2.23. The second-order valence-electron chi connectivity index (χ2n) is 6.28. The van der Waals surface area contributed by atoms with E-state index in [4.69, 9.17) is 4.74 Å². The number of Topliss-reactive ketones (excluding diaryl/α,β-unsaturated/α-hetero) is 1. The van der Waals surface area contributed by atoms with Crippen LogP contribution in [0.25, 0.3) is 0 Å². The Balaban J connectivity index is 1.51. The molecule has 0 saturated carbocycles. The van der Waals surface area contributed by atoms with Crippen molar-refractivity contribution < 1.29 is 9.53 Å². The number of benzene rings is 1. The number of hydrogen-bond acceptors (Lipinski definition) is 3. The third-order valence-corrected chi connectivity index (χ3v) is 4.80. The fourth-order valence-electron chi connectivity index (χ4n) is 3.49. The van der Waals surface area contributed by atoms with Gasteiger partial charge in [-0.2, -0.15) is 0 Å². The van der Waals surface area contributed by atoms with E-state index in [9.17, 15) is 4.79 Å². The Bertz CT molecular complexity index is 480. The molecular weight excluding hydrogens is 262 g/mol. The first kappa shape index (κ1) is 14.7. The SMILES string of the molecule is O=C(CCC1CCNCC1)CC1OCCc2ccccc21. The van der Waals surface area contributed by atoms with Crippen LogP contribution in [0.15, 0.2) is 24.3 Å². The number of carbonyl (C=O) groups excluding carboxylic acids is 1. The highest BCUT2D eigenvalue weighted by molar-refractivity contribution is 5.79. The Kier molecular flexibility index (Phi) is 5.04. The Labute approximate surface area is 127 Å². The number of rotatable bonds is 5. The van der Waals surface area contributed by atoms with Gasteiger partial charge in [-0.05, 0) is 55.8 Å². The van der Waals surface area contributed by atoms with E-state index in [2.05, 4.69) is 23.5 Å². The van der Waals surface area contributed by atoms with E-state index in [0.29, 0.717) is 18.6 Å². The number of piperidine rings is 1. The molecule has 0 bridgehead atoms. The lowest BCUT2D eigenvalue weighted by molar-refractivity contribution is -0.122. The summed E-state index contributed by atoms with van der Waals surface area (Å²) >= 11 is 0. The summed E-state index contributed by atoms with van der Waals surface area (Å²) in [5.74, 6) is 1.09. The fourth-order valence-corrected chi connectivity index (χ4v) is 3.49. The van der Waals surface area contributed by atoms with Gasteiger partial charge in [0.1, 0.15) is 5.78 Å². The van der Waals surface area contributed by atoms with Gasteiger partial charge >= 0.3 is 0 Å². The zero-order chi connectivity index (χ0) is 14.5. The molecule has 0 aromatic heterocycles. The van der Waals surface area contributed by atoms with Gasteiger partial charge in [-0.15, -0.1) is 0 Å². The molecule has 2 aliphatic rings. The monoisotopic (exact) mass is 287 g/mol. The number of ketones is 1. The van der Waals surface area contributed by atoms with Gasteiger partial charge in [-0.25, -0.2) is 0 Å². The van der Waals surface area contributed by atoms with E-state index in [0.717, 1.165) is 38.5 Å². The van der Waals surface area contributed by atoms with Crippen LogP contribution < -0.4 is 5.32 Å². The first-order chi connectivity index (χ1) is 10.3. The second-order valence-corrected chi connectivity index (χ2v) is 6.28. The minimum Gasteiger partial charge on any atom is -0.373 e. The average Bonchev–Trinajstić information content (AvgIpc) is 2.54. The van der Waals surface area contributed by atoms with Crippen LogP contribution in [0.5, 0.6) is 0 Å². The maximum atomic E-state index is 12.3. The van der Waals surface area contributed by atoms with Crippen molar-refractivity contribution in [1.82, 2.24) is 5.32 Å². The van der Waals surface area contributed by atoms with Crippen molar-refractivity contribution in [3.8, 4) is 0 Å². The predicted octanol–water partition coefficient (Wildman–Crippen LogP) is 3.04. The molecule has 2 aliphatic heterocycles. The van der Waals surface area contributed by atoms with Gasteiger partial charge < -0.3 is 10.1 Å². The summed E-state index contributed by atoms with van der Waals surface area (Å²) in [7, 11) is 0. The van der Waals surface area contributed by atoms with E-state index in [1.54, 1.807) is 0 Å². The van der Waals surface area contributed by atoms with Crippen LogP contribution >= 0.6 is 0 Å². The first-order valence-corrected chi connectivity index (χ1v) is 8.25. The highest BCUT2D eigenvalue weighted by atomic mass is 16.5. The van der Waals surface area contributed by atoms with Gasteiger partial charge in [0.15, 0.2) is 0 Å². The summed E-state index contributed by atoms with van der Waals surface area (Å²) in [4.78, 5) is 12.3. The summed E-state index contributed by atoms with van der Waals surface area (Å²) in [5.41, 5.74) is 2.57. The zero-order valence-corrected chi connectivity index (χ0v) is 12.6. The Morgan fingerprint density at radius 2 is 2.05 bits per heavy atom. The van der Waals surface area contributed by atoms with Gasteiger partial charge in [0.05, 0.1) is 12.7 Å². The molecule has 0 radical (unpaired) electrons. The van der Waals surface area contributed by atoms with Crippen molar-refractivity contribution in [2.24, 2.45) is 5.92 Å². The molecule has 1 saturated heterocycles. The Hall–Kier alpha value is -1.19. The number of ether oxygens (including phenoxy) is 1. The summed E-state index contributed by atoms with van der Waals surface area (Å²) in [6, 6.07) is 8.38. The van der Waals surface area contributed by atoms with Crippen LogP contribution in [0.2, 0.25) is 0 Å². The van der Waals surface area contributed by atoms with Crippen molar-refractivity contribution in [1.29, 1.82) is 0 Å². The molecule has 1 atom stereocenters. The molecule has 0 amide bonds. The van der Waals surface area contributed by atoms with Gasteiger partial charge in [-0.1, -0.05) is 24.3 Å². The first-order valence-electron chi connectivity index (χ1n) is 8.25. The van der Waals surface area contributed by atoms with E-state index >= 15 is 0 Å². The summed E-state index contributed by atoms with van der Waals surface area (Å²) in [6.07, 6.45) is 5.70. The van der Waals surface area contributed by atoms with Crippen LogP contribution in [0.3, 0.4) is 0 Å². The topological polar surface area (TPSA) is 38.3 Å². The van der Waals surface area contributed by atoms with Crippen LogP contribution in [0.1, 0.15) is 49.3 Å². The van der Waals surface area contributed by atoms with Crippen LogP contribution in [0, 0.1) is 5.92 Å². The molecule has 1 unspecified atom stereocenters. The predicted molar refractivity (Wildman–Crippen MR) is 83.3 cm³/mol. The molecule has 3 heteroatoms. The van der Waals surface area contributed by atoms with Crippen molar-refractivity contribution >= 4 is 5.78 Å². The van der Waals surface area contributed by atoms with Crippen LogP contribution in [0.4, 0.5) is 0 Å². The van der Waals surface area contributed by atoms with E-state index in [1.807, 2.05) is 6.07 Å². The third-order valence-electron chi connectivity index (χ3n) is 4.80. The molecule has 3 rings (SSSR count). The standard InChI is InChI=1S/C18H25NO2/c20-16(6-5-14-7-10-19-11-8-14)13-18-17-4-2-1-3-15(17)9-12-21-18/h1-4,14,18-19H,5-13H2. The van der Waals surface area contributed by atoms with Crippen molar-refractivity contribution in [2.45, 2.75) is 44.6 Å². The van der Waals surface area contributed by atoms with Gasteiger partial charge in [0.2, 0.25) is 0 Å². The van der Waals surface area contributed by atoms with E-state index in [-0.39, 0.29) is 6.10 Å². The fraction of sp³-hybridized carbons (Fsp3) is 0.611. The lowest BCUT2D eigenvalue weighted by atomic mass is 9.90. The zero-order valence-electron chi connectivity index (χ0n) is 12.6. The molecular formula is C18H25NO2. The van der Waals surface area contributed by atoms with Gasteiger partial charge in [0.25, 0.3) is 0 Å². The summed E-state index contributed by atoms with van der Waals surface area (Å²) in [6.45, 7) is 2.96. The summed E-state index contributed by atoms with van der Waals surface area (Å²) in [5, 5.41) is 3.37. The molecule has 2 heterocycles. The van der Waals surface area contributed by atoms with E-state index in [1.165, 1.54) is 24.0 Å². The molecule has 3 nitrogen and oxygen atoms in total. The molecule has 114 valence electrons. The number of fused-ring (bicyclic) bond motifs is 1. The smallest absolute Gasteiger partial charge is 0.135 e. The molecule has 0 aliphatic carbocycles. The average molecular weight is 287 g/mol. The molecule has 1 fully saturated rings. The highest BCUT2D eigenvalue weighted by Crippen LogP contribution is 2.30. The second kappa shape index (κ2) is 7.19. The maximum Gasteiger partial charge on any atom is 0.135 e. The largest absolute Gasteiger partial charge is 0.373 e. The Morgan fingerprint density at radius 1 is 1.24 bits per heavy atom. The quantitative estimate of drug-likeness (QED) is 0.904. The van der Waals surface area contributed by atoms with Crippen LogP contribution in [-0.2, 0) is 16.0 Å².